The molecule has 0 bridgehead atoms. The highest BCUT2D eigenvalue weighted by Crippen LogP contribution is 2.29. The van der Waals surface area contributed by atoms with Crippen molar-refractivity contribution in [3.63, 3.8) is 0 Å². The van der Waals surface area contributed by atoms with Crippen molar-refractivity contribution in [2.45, 2.75) is 38.1 Å². The fraction of sp³-hybridized carbons (Fsp3) is 0.533. The van der Waals surface area contributed by atoms with Gasteiger partial charge in [-0.1, -0.05) is 31.4 Å². The van der Waals surface area contributed by atoms with E-state index in [1.54, 1.807) is 0 Å². The number of para-hydroxylation sites is 1. The van der Waals surface area contributed by atoms with Crippen LogP contribution < -0.4 is 10.6 Å². The third-order valence-electron chi connectivity index (χ3n) is 3.86. The van der Waals surface area contributed by atoms with Crippen molar-refractivity contribution in [3.05, 3.63) is 29.8 Å². The van der Waals surface area contributed by atoms with E-state index in [1.165, 1.54) is 19.3 Å². The van der Waals surface area contributed by atoms with Gasteiger partial charge in [0, 0.05) is 23.8 Å². The first kappa shape index (κ1) is 13.9. The second-order valence-electron chi connectivity index (χ2n) is 5.14. The number of anilines is 1. The summed E-state index contributed by atoms with van der Waals surface area (Å²) >= 11 is 0. The molecular weight excluding hydrogens is 238 g/mol. The number of benzene rings is 1. The molecule has 1 fully saturated rings. The Labute approximate surface area is 114 Å². The van der Waals surface area contributed by atoms with Crippen LogP contribution in [0.5, 0.6) is 0 Å². The van der Waals surface area contributed by atoms with Crippen molar-refractivity contribution in [1.82, 2.24) is 0 Å². The maximum absolute atomic E-state index is 9.33. The van der Waals surface area contributed by atoms with Gasteiger partial charge in [0.15, 0.2) is 0 Å². The minimum atomic E-state index is 0.0920. The van der Waals surface area contributed by atoms with Gasteiger partial charge in [-0.2, -0.15) is 0 Å². The van der Waals surface area contributed by atoms with Crippen molar-refractivity contribution in [3.8, 4) is 0 Å². The molecule has 4 heteroatoms. The molecule has 0 amide bonds. The number of hydrogen-bond acceptors (Lipinski definition) is 3. The molecule has 0 aliphatic heterocycles. The molecule has 1 aliphatic rings. The molecule has 104 valence electrons. The fourth-order valence-corrected chi connectivity index (χ4v) is 2.95. The second-order valence-corrected chi connectivity index (χ2v) is 5.14. The zero-order chi connectivity index (χ0) is 13.7. The van der Waals surface area contributed by atoms with Crippen molar-refractivity contribution < 1.29 is 5.11 Å². The predicted octanol–water partition coefficient (Wildman–Crippen LogP) is 2.10. The van der Waals surface area contributed by atoms with Crippen molar-refractivity contribution in [2.24, 2.45) is 5.73 Å². The van der Waals surface area contributed by atoms with Crippen LogP contribution in [-0.4, -0.2) is 30.1 Å². The predicted molar refractivity (Wildman–Crippen MR) is 78.8 cm³/mol. The molecule has 1 aromatic rings. The van der Waals surface area contributed by atoms with Gasteiger partial charge in [-0.05, 0) is 25.0 Å². The van der Waals surface area contributed by atoms with Crippen molar-refractivity contribution in [1.29, 1.82) is 5.41 Å². The molecule has 1 aromatic carbocycles. The van der Waals surface area contributed by atoms with E-state index in [-0.39, 0.29) is 12.4 Å². The summed E-state index contributed by atoms with van der Waals surface area (Å²) in [5.74, 6) is 0.0920. The quantitative estimate of drug-likeness (QED) is 0.561. The lowest BCUT2D eigenvalue weighted by molar-refractivity contribution is 0.290. The van der Waals surface area contributed by atoms with Gasteiger partial charge < -0.3 is 15.7 Å². The lowest BCUT2D eigenvalue weighted by Gasteiger charge is -2.36. The van der Waals surface area contributed by atoms with Crippen LogP contribution in [0.15, 0.2) is 24.3 Å². The summed E-state index contributed by atoms with van der Waals surface area (Å²) in [7, 11) is 0. The van der Waals surface area contributed by atoms with Gasteiger partial charge in [0.2, 0.25) is 0 Å². The zero-order valence-electron chi connectivity index (χ0n) is 11.3. The zero-order valence-corrected chi connectivity index (χ0v) is 11.3. The maximum atomic E-state index is 9.33. The van der Waals surface area contributed by atoms with E-state index in [0.717, 1.165) is 24.1 Å². The third kappa shape index (κ3) is 3.26. The summed E-state index contributed by atoms with van der Waals surface area (Å²) in [6.45, 7) is 0.734. The van der Waals surface area contributed by atoms with E-state index in [1.807, 2.05) is 24.3 Å². The van der Waals surface area contributed by atoms with Crippen LogP contribution in [-0.2, 0) is 0 Å². The van der Waals surface area contributed by atoms with E-state index in [9.17, 15) is 5.11 Å². The lowest BCUT2D eigenvalue weighted by atomic mass is 9.93. The molecule has 0 heterocycles. The Balaban J connectivity index is 2.29. The highest BCUT2D eigenvalue weighted by Gasteiger charge is 2.23. The van der Waals surface area contributed by atoms with Crippen LogP contribution in [0.25, 0.3) is 0 Å². The number of aliphatic hydroxyl groups is 1. The summed E-state index contributed by atoms with van der Waals surface area (Å²) in [6, 6.07) is 8.21. The average Bonchev–Trinajstić information content (AvgIpc) is 2.45. The van der Waals surface area contributed by atoms with E-state index >= 15 is 0 Å². The van der Waals surface area contributed by atoms with E-state index in [2.05, 4.69) is 4.90 Å². The van der Waals surface area contributed by atoms with Gasteiger partial charge in [-0.15, -0.1) is 0 Å². The summed E-state index contributed by atoms with van der Waals surface area (Å²) in [5, 5.41) is 17.0. The minimum Gasteiger partial charge on any atom is -0.395 e. The van der Waals surface area contributed by atoms with Crippen LogP contribution in [0.2, 0.25) is 0 Å². The first-order valence-corrected chi connectivity index (χ1v) is 7.05. The summed E-state index contributed by atoms with van der Waals surface area (Å²) < 4.78 is 0. The normalized spacial score (nSPS) is 16.3. The van der Waals surface area contributed by atoms with Gasteiger partial charge in [0.1, 0.15) is 5.84 Å². The fourth-order valence-electron chi connectivity index (χ4n) is 2.95. The van der Waals surface area contributed by atoms with Crippen molar-refractivity contribution >= 4 is 11.5 Å². The lowest BCUT2D eigenvalue weighted by Crippen LogP contribution is -2.40. The van der Waals surface area contributed by atoms with Gasteiger partial charge in [0.05, 0.1) is 6.61 Å². The van der Waals surface area contributed by atoms with Crippen LogP contribution in [0.3, 0.4) is 0 Å². The molecule has 4 nitrogen and oxygen atoms in total. The van der Waals surface area contributed by atoms with Crippen LogP contribution >= 0.6 is 0 Å². The number of rotatable bonds is 5. The SMILES string of the molecule is N=C(N)c1ccccc1N(CCO)C1CCCCC1. The van der Waals surface area contributed by atoms with Gasteiger partial charge in [0.25, 0.3) is 0 Å². The number of hydrogen-bond donors (Lipinski definition) is 3. The van der Waals surface area contributed by atoms with Crippen LogP contribution in [0.1, 0.15) is 37.7 Å². The average molecular weight is 261 g/mol. The molecule has 1 saturated carbocycles. The van der Waals surface area contributed by atoms with Crippen LogP contribution in [0, 0.1) is 5.41 Å². The molecular formula is C15H23N3O. The maximum Gasteiger partial charge on any atom is 0.124 e. The Morgan fingerprint density at radius 3 is 2.58 bits per heavy atom. The first-order valence-electron chi connectivity index (χ1n) is 7.05. The van der Waals surface area contributed by atoms with E-state index in [0.29, 0.717) is 12.6 Å². The smallest absolute Gasteiger partial charge is 0.124 e. The highest BCUT2D eigenvalue weighted by molar-refractivity contribution is 6.00. The Morgan fingerprint density at radius 2 is 1.95 bits per heavy atom. The summed E-state index contributed by atoms with van der Waals surface area (Å²) in [4.78, 5) is 2.23. The standard InChI is InChI=1S/C15H23N3O/c16-15(17)13-8-4-5-9-14(13)18(10-11-19)12-6-2-1-3-7-12/h4-5,8-9,12,19H,1-3,6-7,10-11H2,(H3,16,17). The molecule has 19 heavy (non-hydrogen) atoms. The molecule has 1 aliphatic carbocycles. The molecule has 0 unspecified atom stereocenters. The number of nitrogens with two attached hydrogens (primary N) is 1. The number of aliphatic hydroxyl groups excluding tert-OH is 1. The molecule has 0 aromatic heterocycles. The monoisotopic (exact) mass is 261 g/mol. The number of amidine groups is 1. The summed E-state index contributed by atoms with van der Waals surface area (Å²) in [5.41, 5.74) is 7.42. The van der Waals surface area contributed by atoms with Crippen LogP contribution in [0.4, 0.5) is 5.69 Å². The van der Waals surface area contributed by atoms with Gasteiger partial charge in [-0.25, -0.2) is 0 Å². The van der Waals surface area contributed by atoms with Crippen molar-refractivity contribution in [2.75, 3.05) is 18.1 Å². The Bertz CT molecular complexity index is 427. The first-order chi connectivity index (χ1) is 9.24. The Hall–Kier alpha value is -1.55. The minimum absolute atomic E-state index is 0.0920. The number of nitrogens with zero attached hydrogens (tertiary/aromatic N) is 1. The van der Waals surface area contributed by atoms with Gasteiger partial charge >= 0.3 is 0 Å². The molecule has 0 saturated heterocycles. The third-order valence-corrected chi connectivity index (χ3v) is 3.86. The molecule has 0 atom stereocenters. The molecule has 2 rings (SSSR count). The van der Waals surface area contributed by atoms with E-state index in [4.69, 9.17) is 11.1 Å². The molecule has 4 N–H and O–H groups in total. The second kappa shape index (κ2) is 6.57. The highest BCUT2D eigenvalue weighted by atomic mass is 16.3. The Morgan fingerprint density at radius 1 is 1.26 bits per heavy atom. The Kier molecular flexibility index (Phi) is 4.80. The molecule has 0 spiro atoms. The number of nitrogen functional groups attached to an aromatic ring is 1. The topological polar surface area (TPSA) is 73.3 Å². The number of nitrogens with one attached hydrogen (secondary N) is 1. The largest absolute Gasteiger partial charge is 0.395 e. The van der Waals surface area contributed by atoms with E-state index < -0.39 is 0 Å². The van der Waals surface area contributed by atoms with Gasteiger partial charge in [-0.3, -0.25) is 5.41 Å². The molecule has 0 radical (unpaired) electrons. The summed E-state index contributed by atoms with van der Waals surface area (Å²) in [6.07, 6.45) is 6.11.